The Morgan fingerprint density at radius 3 is 2.60 bits per heavy atom. The highest BCUT2D eigenvalue weighted by molar-refractivity contribution is 9.10. The Bertz CT molecular complexity index is 674. The first-order valence-electron chi connectivity index (χ1n) is 5.67. The molecule has 2 aromatic rings. The minimum absolute atomic E-state index is 0.0854. The summed E-state index contributed by atoms with van der Waals surface area (Å²) in [5.74, 6) is -1.06. The van der Waals surface area contributed by atoms with Gasteiger partial charge in [-0.05, 0) is 48.0 Å². The van der Waals surface area contributed by atoms with Crippen LogP contribution < -0.4 is 5.32 Å². The molecule has 0 aliphatic heterocycles. The molecule has 0 radical (unpaired) electrons. The van der Waals surface area contributed by atoms with Gasteiger partial charge in [0.15, 0.2) is 0 Å². The molecule has 0 atom stereocenters. The van der Waals surface area contributed by atoms with Gasteiger partial charge in [-0.3, -0.25) is 4.79 Å². The number of aromatic nitrogens is 1. The van der Waals surface area contributed by atoms with Crippen LogP contribution in [0, 0.1) is 13.8 Å². The summed E-state index contributed by atoms with van der Waals surface area (Å²) in [6.45, 7) is 3.30. The van der Waals surface area contributed by atoms with Crippen molar-refractivity contribution in [2.75, 3.05) is 5.32 Å². The van der Waals surface area contributed by atoms with Gasteiger partial charge in [0.25, 0.3) is 5.91 Å². The molecule has 7 heteroatoms. The molecule has 0 aliphatic rings. The van der Waals surface area contributed by atoms with Crippen LogP contribution >= 0.6 is 15.9 Å². The summed E-state index contributed by atoms with van der Waals surface area (Å²) >= 11 is 3.26. The number of carboxylic acids is 1. The number of nitrogens with zero attached hydrogens (tertiary/aromatic N) is 1. The van der Waals surface area contributed by atoms with Crippen LogP contribution in [-0.4, -0.2) is 22.1 Å². The number of carbonyl (C=O) groups is 2. The van der Waals surface area contributed by atoms with Gasteiger partial charge in [-0.15, -0.1) is 0 Å². The third-order valence-electron chi connectivity index (χ3n) is 2.72. The van der Waals surface area contributed by atoms with Gasteiger partial charge in [0.2, 0.25) is 0 Å². The lowest BCUT2D eigenvalue weighted by Crippen LogP contribution is -2.14. The van der Waals surface area contributed by atoms with Gasteiger partial charge in [-0.1, -0.05) is 5.16 Å². The van der Waals surface area contributed by atoms with Crippen LogP contribution in [0.1, 0.15) is 32.2 Å². The monoisotopic (exact) mass is 338 g/mol. The summed E-state index contributed by atoms with van der Waals surface area (Å²) in [7, 11) is 0. The largest absolute Gasteiger partial charge is 0.478 e. The minimum atomic E-state index is -1.06. The number of hydrogen-bond acceptors (Lipinski definition) is 4. The second-order valence-corrected chi connectivity index (χ2v) is 5.01. The van der Waals surface area contributed by atoms with E-state index in [1.807, 2.05) is 0 Å². The van der Waals surface area contributed by atoms with E-state index in [2.05, 4.69) is 26.4 Å². The van der Waals surface area contributed by atoms with E-state index in [-0.39, 0.29) is 5.56 Å². The Labute approximate surface area is 122 Å². The average Bonchev–Trinajstić information content (AvgIpc) is 2.71. The van der Waals surface area contributed by atoms with Crippen LogP contribution in [-0.2, 0) is 0 Å². The van der Waals surface area contributed by atoms with Crippen LogP contribution in [0.3, 0.4) is 0 Å². The number of anilines is 1. The second kappa shape index (κ2) is 5.46. The summed E-state index contributed by atoms with van der Waals surface area (Å²) in [6, 6.07) is 4.38. The maximum absolute atomic E-state index is 12.2. The number of aryl methyl sites for hydroxylation is 2. The van der Waals surface area contributed by atoms with E-state index in [9.17, 15) is 9.59 Å². The quantitative estimate of drug-likeness (QED) is 0.897. The molecule has 20 heavy (non-hydrogen) atoms. The van der Waals surface area contributed by atoms with Crippen LogP contribution in [0.25, 0.3) is 0 Å². The van der Waals surface area contributed by atoms with Crippen molar-refractivity contribution in [3.63, 3.8) is 0 Å². The molecular formula is C13H11BrN2O4. The van der Waals surface area contributed by atoms with Gasteiger partial charge < -0.3 is 14.9 Å². The lowest BCUT2D eigenvalue weighted by molar-refractivity contribution is 0.0696. The van der Waals surface area contributed by atoms with Gasteiger partial charge in [-0.25, -0.2) is 4.79 Å². The highest BCUT2D eigenvalue weighted by Crippen LogP contribution is 2.25. The molecule has 2 N–H and O–H groups in total. The summed E-state index contributed by atoms with van der Waals surface area (Å²) in [5, 5.41) is 15.3. The normalized spacial score (nSPS) is 10.3. The maximum atomic E-state index is 12.2. The van der Waals surface area contributed by atoms with Gasteiger partial charge >= 0.3 is 5.97 Å². The fraction of sp³-hybridized carbons (Fsp3) is 0.154. The third kappa shape index (κ3) is 2.72. The van der Waals surface area contributed by atoms with Crippen molar-refractivity contribution in [1.82, 2.24) is 5.16 Å². The van der Waals surface area contributed by atoms with Gasteiger partial charge in [0, 0.05) is 4.47 Å². The van der Waals surface area contributed by atoms with Crippen molar-refractivity contribution < 1.29 is 19.2 Å². The Morgan fingerprint density at radius 1 is 1.35 bits per heavy atom. The number of benzene rings is 1. The predicted octanol–water partition coefficient (Wildman–Crippen LogP) is 3.00. The zero-order chi connectivity index (χ0) is 14.9. The highest BCUT2D eigenvalue weighted by atomic mass is 79.9. The maximum Gasteiger partial charge on any atom is 0.335 e. The van der Waals surface area contributed by atoms with Gasteiger partial charge in [-0.2, -0.15) is 0 Å². The molecule has 1 heterocycles. The van der Waals surface area contributed by atoms with E-state index >= 15 is 0 Å². The summed E-state index contributed by atoms with van der Waals surface area (Å²) in [4.78, 5) is 23.1. The van der Waals surface area contributed by atoms with E-state index in [4.69, 9.17) is 9.63 Å². The lowest BCUT2D eigenvalue weighted by Gasteiger charge is -2.08. The first kappa shape index (κ1) is 14.3. The first-order valence-corrected chi connectivity index (χ1v) is 6.46. The molecule has 0 saturated carbocycles. The Balaban J connectivity index is 2.33. The minimum Gasteiger partial charge on any atom is -0.478 e. The third-order valence-corrected chi connectivity index (χ3v) is 3.41. The summed E-state index contributed by atoms with van der Waals surface area (Å²) in [5.41, 5.74) is 1.28. The fourth-order valence-corrected chi connectivity index (χ4v) is 2.09. The number of carboxylic acid groups (broad SMARTS) is 1. The smallest absolute Gasteiger partial charge is 0.335 e. The molecule has 0 saturated heterocycles. The Kier molecular flexibility index (Phi) is 3.89. The van der Waals surface area contributed by atoms with E-state index in [1.165, 1.54) is 12.1 Å². The van der Waals surface area contributed by atoms with Crippen LogP contribution in [0.2, 0.25) is 0 Å². The van der Waals surface area contributed by atoms with Crippen molar-refractivity contribution in [1.29, 1.82) is 0 Å². The number of aromatic carboxylic acids is 1. The Morgan fingerprint density at radius 2 is 2.05 bits per heavy atom. The second-order valence-electron chi connectivity index (χ2n) is 4.15. The number of hydrogen-bond donors (Lipinski definition) is 2. The molecule has 1 amide bonds. The molecule has 0 unspecified atom stereocenters. The topological polar surface area (TPSA) is 92.4 Å². The molecule has 2 rings (SSSR count). The van der Waals surface area contributed by atoms with Crippen LogP contribution in [0.4, 0.5) is 5.69 Å². The van der Waals surface area contributed by atoms with Gasteiger partial charge in [0.1, 0.15) is 11.3 Å². The van der Waals surface area contributed by atoms with E-state index in [0.29, 0.717) is 27.2 Å². The molecule has 0 aliphatic carbocycles. The van der Waals surface area contributed by atoms with Crippen LogP contribution in [0.15, 0.2) is 27.2 Å². The van der Waals surface area contributed by atoms with Crippen molar-refractivity contribution in [3.8, 4) is 0 Å². The number of rotatable bonds is 3. The number of nitrogens with one attached hydrogen (secondary N) is 1. The summed E-state index contributed by atoms with van der Waals surface area (Å²) < 4.78 is 5.52. The van der Waals surface area contributed by atoms with Crippen molar-refractivity contribution in [2.45, 2.75) is 13.8 Å². The molecule has 1 aromatic heterocycles. The molecular weight excluding hydrogens is 328 g/mol. The molecule has 104 valence electrons. The van der Waals surface area contributed by atoms with E-state index in [1.54, 1.807) is 19.9 Å². The van der Waals surface area contributed by atoms with Gasteiger partial charge in [0.05, 0.1) is 16.9 Å². The molecule has 6 nitrogen and oxygen atoms in total. The van der Waals surface area contributed by atoms with E-state index in [0.717, 1.165) is 0 Å². The molecule has 1 aromatic carbocycles. The van der Waals surface area contributed by atoms with Crippen molar-refractivity contribution in [2.24, 2.45) is 0 Å². The van der Waals surface area contributed by atoms with Crippen molar-refractivity contribution in [3.05, 3.63) is 45.3 Å². The average molecular weight is 339 g/mol. The standard InChI is InChI=1S/C13H11BrN2O4/c1-6-11(7(2)20-16-6)12(17)15-10-5-8(13(18)19)3-4-9(10)14/h3-5H,1-2H3,(H,15,17)(H,18,19). The number of carbonyl (C=O) groups excluding carboxylic acids is 1. The fourth-order valence-electron chi connectivity index (χ4n) is 1.75. The van der Waals surface area contributed by atoms with Crippen LogP contribution in [0.5, 0.6) is 0 Å². The number of amides is 1. The van der Waals surface area contributed by atoms with E-state index < -0.39 is 11.9 Å². The summed E-state index contributed by atoms with van der Waals surface area (Å²) in [6.07, 6.45) is 0. The Hall–Kier alpha value is -2.15. The number of halogens is 1. The first-order chi connectivity index (χ1) is 9.40. The zero-order valence-electron chi connectivity index (χ0n) is 10.7. The predicted molar refractivity (Wildman–Crippen MR) is 75.0 cm³/mol. The van der Waals surface area contributed by atoms with Crippen molar-refractivity contribution >= 4 is 33.5 Å². The SMILES string of the molecule is Cc1noc(C)c1C(=O)Nc1cc(C(=O)O)ccc1Br. The zero-order valence-corrected chi connectivity index (χ0v) is 12.3. The molecule has 0 fully saturated rings. The molecule has 0 bridgehead atoms. The highest BCUT2D eigenvalue weighted by Gasteiger charge is 2.18. The lowest BCUT2D eigenvalue weighted by atomic mass is 10.1. The molecule has 0 spiro atoms.